The topological polar surface area (TPSA) is 38.4 Å². The van der Waals surface area contributed by atoms with E-state index < -0.39 is 0 Å². The normalized spacial score (nSPS) is 11.2. The molecule has 0 aliphatic heterocycles. The van der Waals surface area contributed by atoms with Crippen LogP contribution in [0.25, 0.3) is 0 Å². The minimum Gasteiger partial charge on any atom is -0.387 e. The maximum atomic E-state index is 5.08. The second kappa shape index (κ2) is 2.45. The molecule has 6 heavy (non-hydrogen) atoms. The zero-order chi connectivity index (χ0) is 4.99. The fourth-order valence-electron chi connectivity index (χ4n) is 0.144. The minimum atomic E-state index is 0. The van der Waals surface area contributed by atoms with Crippen LogP contribution in [0.3, 0.4) is 0 Å². The lowest BCUT2D eigenvalue weighted by Gasteiger charge is -1.77. The second-order valence-electron chi connectivity index (χ2n) is 0.953. The molecule has 0 saturated heterocycles. The van der Waals surface area contributed by atoms with Gasteiger partial charge in [0.1, 0.15) is 0 Å². The number of rotatable bonds is 1. The highest BCUT2D eigenvalue weighted by molar-refractivity contribution is 5.77. The predicted molar refractivity (Wildman–Crippen MR) is 29.6 cm³/mol. The molecule has 0 rings (SSSR count). The lowest BCUT2D eigenvalue weighted by molar-refractivity contribution is 1.48. The van der Waals surface area contributed by atoms with Gasteiger partial charge in [-0.25, -0.2) is 4.99 Å². The molecular weight excluding hydrogens is 76.1 g/mol. The maximum absolute atomic E-state index is 5.08. The van der Waals surface area contributed by atoms with E-state index in [1.54, 1.807) is 6.92 Å². The standard InChI is InChI=1S/C4H8N2.H2/c1-3-6-4(2)5;/h3H,1H2,2H3,(H2,5,6);1H. The molecule has 0 aliphatic rings. The Morgan fingerprint density at radius 3 is 2.67 bits per heavy atom. The fourth-order valence-corrected chi connectivity index (χ4v) is 0.144. The Labute approximate surface area is 38.9 Å². The molecule has 0 spiro atoms. The molecule has 2 heteroatoms. The van der Waals surface area contributed by atoms with Crippen molar-refractivity contribution in [2.45, 2.75) is 6.92 Å². The van der Waals surface area contributed by atoms with Gasteiger partial charge in [0.05, 0.1) is 5.84 Å². The number of hydrogen-bond acceptors (Lipinski definition) is 1. The number of nitrogens with two attached hydrogens (primary N) is 1. The molecule has 0 aliphatic carbocycles. The van der Waals surface area contributed by atoms with Crippen LogP contribution in [-0.2, 0) is 0 Å². The zero-order valence-corrected chi connectivity index (χ0v) is 3.81. The van der Waals surface area contributed by atoms with Crippen molar-refractivity contribution in [3.05, 3.63) is 12.8 Å². The van der Waals surface area contributed by atoms with Crippen LogP contribution < -0.4 is 5.73 Å². The molecule has 0 bridgehead atoms. The second-order valence-corrected chi connectivity index (χ2v) is 0.953. The van der Waals surface area contributed by atoms with E-state index in [4.69, 9.17) is 5.73 Å². The Bertz CT molecular complexity index is 73.8. The smallest absolute Gasteiger partial charge is 0.0957 e. The van der Waals surface area contributed by atoms with E-state index in [-0.39, 0.29) is 1.43 Å². The summed E-state index contributed by atoms with van der Waals surface area (Å²) in [5, 5.41) is 0. The number of aliphatic imine (C=N–C) groups is 1. The number of nitrogens with zero attached hydrogens (tertiary/aromatic N) is 1. The molecular formula is C4H10N2. The first-order valence-electron chi connectivity index (χ1n) is 1.68. The highest BCUT2D eigenvalue weighted by Gasteiger charge is 1.64. The van der Waals surface area contributed by atoms with Crippen molar-refractivity contribution >= 4 is 5.84 Å². The summed E-state index contributed by atoms with van der Waals surface area (Å²) in [6, 6.07) is 0. The SMILES string of the molecule is C=CN=C(C)N.[HH]. The molecule has 0 atom stereocenters. The predicted octanol–water partition coefficient (Wildman–Crippen LogP) is 0.753. The molecule has 0 unspecified atom stereocenters. The monoisotopic (exact) mass is 86.1 g/mol. The molecule has 0 saturated carbocycles. The van der Waals surface area contributed by atoms with Crippen molar-refractivity contribution in [3.63, 3.8) is 0 Å². The summed E-state index contributed by atoms with van der Waals surface area (Å²) < 4.78 is 0. The molecule has 0 aromatic heterocycles. The average Bonchev–Trinajstić information content (AvgIpc) is 1.35. The molecule has 0 aromatic carbocycles. The summed E-state index contributed by atoms with van der Waals surface area (Å²) in [6.07, 6.45) is 1.41. The lowest BCUT2D eigenvalue weighted by atomic mass is 10.7. The van der Waals surface area contributed by atoms with Gasteiger partial charge in [-0.3, -0.25) is 0 Å². The molecule has 2 nitrogen and oxygen atoms in total. The Balaban J connectivity index is 0. The van der Waals surface area contributed by atoms with Crippen LogP contribution >= 0.6 is 0 Å². The van der Waals surface area contributed by atoms with Crippen LogP contribution in [0, 0.1) is 0 Å². The van der Waals surface area contributed by atoms with Crippen molar-refractivity contribution in [3.8, 4) is 0 Å². The van der Waals surface area contributed by atoms with E-state index in [1.807, 2.05) is 0 Å². The fraction of sp³-hybridized carbons (Fsp3) is 0.250. The van der Waals surface area contributed by atoms with Gasteiger partial charge in [-0.1, -0.05) is 6.58 Å². The van der Waals surface area contributed by atoms with Gasteiger partial charge in [0, 0.05) is 7.63 Å². The Hall–Kier alpha value is -0.790. The number of amidine groups is 1. The van der Waals surface area contributed by atoms with Crippen LogP contribution in [0.2, 0.25) is 0 Å². The highest BCUT2D eigenvalue weighted by atomic mass is 14.8. The average molecular weight is 86.1 g/mol. The van der Waals surface area contributed by atoms with E-state index in [2.05, 4.69) is 11.6 Å². The summed E-state index contributed by atoms with van der Waals surface area (Å²) in [6.45, 7) is 5.04. The van der Waals surface area contributed by atoms with Crippen LogP contribution in [0.4, 0.5) is 0 Å². The van der Waals surface area contributed by atoms with Gasteiger partial charge in [-0.15, -0.1) is 0 Å². The van der Waals surface area contributed by atoms with Gasteiger partial charge in [0.15, 0.2) is 0 Å². The van der Waals surface area contributed by atoms with Crippen LogP contribution in [0.15, 0.2) is 17.8 Å². The largest absolute Gasteiger partial charge is 0.387 e. The van der Waals surface area contributed by atoms with Gasteiger partial charge in [-0.2, -0.15) is 0 Å². The quantitative estimate of drug-likeness (QED) is 0.371. The summed E-state index contributed by atoms with van der Waals surface area (Å²) >= 11 is 0. The molecule has 2 N–H and O–H groups in total. The van der Waals surface area contributed by atoms with Crippen LogP contribution in [0.5, 0.6) is 0 Å². The van der Waals surface area contributed by atoms with Crippen molar-refractivity contribution in [1.29, 1.82) is 0 Å². The van der Waals surface area contributed by atoms with Crippen molar-refractivity contribution in [2.75, 3.05) is 0 Å². The Morgan fingerprint density at radius 2 is 2.67 bits per heavy atom. The van der Waals surface area contributed by atoms with E-state index in [1.165, 1.54) is 6.20 Å². The lowest BCUT2D eigenvalue weighted by Crippen LogP contribution is -2.03. The molecule has 0 heterocycles. The van der Waals surface area contributed by atoms with E-state index >= 15 is 0 Å². The van der Waals surface area contributed by atoms with Gasteiger partial charge in [0.2, 0.25) is 0 Å². The first-order valence-corrected chi connectivity index (χ1v) is 1.68. The van der Waals surface area contributed by atoms with Crippen molar-refractivity contribution < 1.29 is 1.43 Å². The zero-order valence-electron chi connectivity index (χ0n) is 3.81. The van der Waals surface area contributed by atoms with Gasteiger partial charge in [0.25, 0.3) is 0 Å². The summed E-state index contributed by atoms with van der Waals surface area (Å²) in [5.74, 6) is 0.546. The van der Waals surface area contributed by atoms with E-state index in [0.717, 1.165) is 0 Å². The van der Waals surface area contributed by atoms with Crippen molar-refractivity contribution in [1.82, 2.24) is 0 Å². The van der Waals surface area contributed by atoms with Crippen LogP contribution in [-0.4, -0.2) is 5.84 Å². The van der Waals surface area contributed by atoms with Gasteiger partial charge in [-0.05, 0) is 6.92 Å². The Kier molecular flexibility index (Phi) is 2.13. The maximum Gasteiger partial charge on any atom is 0.0957 e. The summed E-state index contributed by atoms with van der Waals surface area (Å²) in [7, 11) is 0. The third kappa shape index (κ3) is 3.21. The third-order valence-corrected chi connectivity index (χ3v) is 0.295. The number of hydrogen-bond donors (Lipinski definition) is 1. The Morgan fingerprint density at radius 1 is 2.17 bits per heavy atom. The van der Waals surface area contributed by atoms with Gasteiger partial charge < -0.3 is 5.73 Å². The molecule has 0 aromatic rings. The molecule has 0 fully saturated rings. The first-order chi connectivity index (χ1) is 2.77. The van der Waals surface area contributed by atoms with Crippen molar-refractivity contribution in [2.24, 2.45) is 10.7 Å². The van der Waals surface area contributed by atoms with E-state index in [0.29, 0.717) is 5.84 Å². The summed E-state index contributed by atoms with van der Waals surface area (Å²) in [5.41, 5.74) is 5.08. The minimum absolute atomic E-state index is 0. The summed E-state index contributed by atoms with van der Waals surface area (Å²) in [4.78, 5) is 3.58. The van der Waals surface area contributed by atoms with Gasteiger partial charge >= 0.3 is 0 Å². The molecule has 0 amide bonds. The molecule has 0 radical (unpaired) electrons. The first kappa shape index (κ1) is 5.21. The third-order valence-electron chi connectivity index (χ3n) is 0.295. The van der Waals surface area contributed by atoms with E-state index in [9.17, 15) is 0 Å². The van der Waals surface area contributed by atoms with Crippen LogP contribution in [0.1, 0.15) is 8.35 Å². The highest BCUT2D eigenvalue weighted by Crippen LogP contribution is 1.64. The molecule has 36 valence electrons.